The number of aromatic nitrogens is 1. The molecule has 1 atom stereocenters. The van der Waals surface area contributed by atoms with Crippen LogP contribution in [0.25, 0.3) is 0 Å². The number of aliphatic imine (C=N–C) groups is 1. The van der Waals surface area contributed by atoms with Crippen LogP contribution in [0, 0.1) is 0 Å². The van der Waals surface area contributed by atoms with Gasteiger partial charge in [0.2, 0.25) is 0 Å². The molecule has 2 rings (SSSR count). The van der Waals surface area contributed by atoms with Gasteiger partial charge in [-0.1, -0.05) is 0 Å². The van der Waals surface area contributed by atoms with Crippen molar-refractivity contribution in [2.24, 2.45) is 4.99 Å². The minimum absolute atomic E-state index is 0. The Kier molecular flexibility index (Phi) is 9.72. The summed E-state index contributed by atoms with van der Waals surface area (Å²) in [5.41, 5.74) is -0.809. The molecule has 1 aliphatic heterocycles. The van der Waals surface area contributed by atoms with Crippen molar-refractivity contribution in [1.29, 1.82) is 0 Å². The van der Waals surface area contributed by atoms with Crippen molar-refractivity contribution < 1.29 is 13.2 Å². The predicted molar refractivity (Wildman–Crippen MR) is 106 cm³/mol. The van der Waals surface area contributed by atoms with Gasteiger partial charge in [0.1, 0.15) is 0 Å². The molecule has 1 aliphatic rings. The van der Waals surface area contributed by atoms with Crippen LogP contribution in [0.4, 0.5) is 13.2 Å². The van der Waals surface area contributed by atoms with E-state index >= 15 is 0 Å². The van der Waals surface area contributed by atoms with Crippen LogP contribution in [0.2, 0.25) is 0 Å². The van der Waals surface area contributed by atoms with Crippen molar-refractivity contribution in [2.45, 2.75) is 37.6 Å². The number of guanidine groups is 1. The van der Waals surface area contributed by atoms with Gasteiger partial charge in [-0.25, -0.2) is 4.98 Å². The quantitative estimate of drug-likeness (QED) is 0.359. The Bertz CT molecular complexity index is 516. The topological polar surface area (TPSA) is 49.3 Å². The maximum Gasteiger partial charge on any atom is 0.434 e. The maximum absolute atomic E-state index is 12.5. The average Bonchev–Trinajstić information content (AvgIpc) is 3.15. The zero-order valence-electron chi connectivity index (χ0n) is 13.4. The van der Waals surface area contributed by atoms with Gasteiger partial charge in [0.15, 0.2) is 11.7 Å². The van der Waals surface area contributed by atoms with Crippen molar-refractivity contribution in [2.75, 3.05) is 25.4 Å². The summed E-state index contributed by atoms with van der Waals surface area (Å²) < 4.78 is 37.5. The second-order valence-corrected chi connectivity index (χ2v) is 7.51. The van der Waals surface area contributed by atoms with E-state index in [-0.39, 0.29) is 24.0 Å². The molecule has 24 heavy (non-hydrogen) atoms. The van der Waals surface area contributed by atoms with Gasteiger partial charge in [0, 0.05) is 30.1 Å². The first kappa shape index (κ1) is 21.8. The van der Waals surface area contributed by atoms with Crippen LogP contribution >= 0.6 is 47.1 Å². The summed E-state index contributed by atoms with van der Waals surface area (Å²) in [5, 5.41) is 8.43. The molecule has 0 radical (unpaired) electrons. The van der Waals surface area contributed by atoms with Gasteiger partial charge in [-0.15, -0.1) is 35.3 Å². The van der Waals surface area contributed by atoms with Crippen LogP contribution in [-0.4, -0.2) is 41.6 Å². The Hall–Kier alpha value is -0.230. The van der Waals surface area contributed by atoms with E-state index in [4.69, 9.17) is 0 Å². The predicted octanol–water partition coefficient (Wildman–Crippen LogP) is 3.77. The number of halogens is 4. The van der Waals surface area contributed by atoms with Gasteiger partial charge in [-0.3, -0.25) is 4.99 Å². The Morgan fingerprint density at radius 3 is 2.79 bits per heavy atom. The standard InChI is InChI=1S/C14H21F3N4S2.HI/c1-2-18-13(20-8-10-4-3-7-22-10)19-6-5-12-21-11(9-23-12)14(15,16)17;/h9-10H,2-8H2,1H3,(H2,18,19,20);1H. The van der Waals surface area contributed by atoms with Crippen molar-refractivity contribution >= 4 is 53.0 Å². The first-order valence-electron chi connectivity index (χ1n) is 7.64. The summed E-state index contributed by atoms with van der Waals surface area (Å²) in [5.74, 6) is 1.92. The third-order valence-corrected chi connectivity index (χ3v) is 5.58. The first-order chi connectivity index (χ1) is 11.0. The van der Waals surface area contributed by atoms with E-state index in [2.05, 4.69) is 20.6 Å². The zero-order valence-corrected chi connectivity index (χ0v) is 17.3. The van der Waals surface area contributed by atoms with Crippen LogP contribution in [0.5, 0.6) is 0 Å². The minimum Gasteiger partial charge on any atom is -0.357 e. The molecule has 0 spiro atoms. The molecule has 1 aromatic rings. The molecule has 4 nitrogen and oxygen atoms in total. The smallest absolute Gasteiger partial charge is 0.357 e. The van der Waals surface area contributed by atoms with E-state index in [0.717, 1.165) is 29.8 Å². The number of rotatable bonds is 6. The number of thiazole rings is 1. The molecule has 0 amide bonds. The lowest BCUT2D eigenvalue weighted by atomic mass is 10.2. The SMILES string of the molecule is CCNC(=NCC1CCCS1)NCCc1nc(C(F)(F)F)cs1.I. The number of nitrogens with zero attached hydrogens (tertiary/aromatic N) is 2. The van der Waals surface area contributed by atoms with Crippen LogP contribution in [-0.2, 0) is 12.6 Å². The Balaban J connectivity index is 0.00000288. The number of thioether (sulfide) groups is 1. The molecule has 138 valence electrons. The third kappa shape index (κ3) is 7.34. The summed E-state index contributed by atoms with van der Waals surface area (Å²) in [6.07, 6.45) is -1.46. The Morgan fingerprint density at radius 1 is 1.42 bits per heavy atom. The van der Waals surface area contributed by atoms with E-state index in [9.17, 15) is 13.2 Å². The van der Waals surface area contributed by atoms with Gasteiger partial charge < -0.3 is 10.6 Å². The fraction of sp³-hybridized carbons (Fsp3) is 0.714. The summed E-state index contributed by atoms with van der Waals surface area (Å²) in [6, 6.07) is 0. The van der Waals surface area contributed by atoms with Crippen LogP contribution < -0.4 is 10.6 Å². The lowest BCUT2D eigenvalue weighted by Gasteiger charge is -2.12. The van der Waals surface area contributed by atoms with Crippen LogP contribution in [0.1, 0.15) is 30.5 Å². The minimum atomic E-state index is -4.36. The molecule has 0 bridgehead atoms. The van der Waals surface area contributed by atoms with E-state index in [1.54, 1.807) is 0 Å². The molecule has 0 aromatic carbocycles. The second kappa shape index (κ2) is 10.7. The van der Waals surface area contributed by atoms with E-state index in [0.29, 0.717) is 29.2 Å². The lowest BCUT2D eigenvalue weighted by Crippen LogP contribution is -2.38. The molecule has 1 fully saturated rings. The average molecular weight is 494 g/mol. The highest BCUT2D eigenvalue weighted by molar-refractivity contribution is 14.0. The molecule has 1 aromatic heterocycles. The number of hydrogen-bond acceptors (Lipinski definition) is 4. The highest BCUT2D eigenvalue weighted by atomic mass is 127. The lowest BCUT2D eigenvalue weighted by molar-refractivity contribution is -0.140. The molecular formula is C14H22F3IN4S2. The third-order valence-electron chi connectivity index (χ3n) is 3.29. The molecule has 10 heteroatoms. The largest absolute Gasteiger partial charge is 0.434 e. The number of alkyl halides is 3. The summed E-state index contributed by atoms with van der Waals surface area (Å²) in [6.45, 7) is 4.01. The fourth-order valence-corrected chi connectivity index (χ4v) is 4.15. The Morgan fingerprint density at radius 2 is 2.21 bits per heavy atom. The molecule has 0 aliphatic carbocycles. The van der Waals surface area contributed by atoms with Crippen molar-refractivity contribution in [3.8, 4) is 0 Å². The van der Waals surface area contributed by atoms with E-state index in [1.807, 2.05) is 18.7 Å². The first-order valence-corrected chi connectivity index (χ1v) is 9.57. The van der Waals surface area contributed by atoms with Gasteiger partial charge in [0.05, 0.1) is 11.6 Å². The number of nitrogens with one attached hydrogen (secondary N) is 2. The van der Waals surface area contributed by atoms with Crippen LogP contribution in [0.15, 0.2) is 10.4 Å². The highest BCUT2D eigenvalue weighted by Crippen LogP contribution is 2.30. The number of hydrogen-bond donors (Lipinski definition) is 2. The summed E-state index contributed by atoms with van der Waals surface area (Å²) >= 11 is 2.99. The molecule has 1 unspecified atom stereocenters. The molecule has 2 N–H and O–H groups in total. The molecule has 0 saturated carbocycles. The highest BCUT2D eigenvalue weighted by Gasteiger charge is 2.33. The van der Waals surface area contributed by atoms with Gasteiger partial charge in [-0.05, 0) is 25.5 Å². The van der Waals surface area contributed by atoms with Gasteiger partial charge >= 0.3 is 6.18 Å². The molecule has 1 saturated heterocycles. The zero-order chi connectivity index (χ0) is 16.7. The van der Waals surface area contributed by atoms with Crippen molar-refractivity contribution in [3.05, 3.63) is 16.1 Å². The van der Waals surface area contributed by atoms with E-state index in [1.165, 1.54) is 18.6 Å². The maximum atomic E-state index is 12.5. The monoisotopic (exact) mass is 494 g/mol. The molecular weight excluding hydrogens is 472 g/mol. The van der Waals surface area contributed by atoms with Gasteiger partial charge in [0.25, 0.3) is 0 Å². The molecule has 2 heterocycles. The van der Waals surface area contributed by atoms with E-state index < -0.39 is 11.9 Å². The van der Waals surface area contributed by atoms with Crippen LogP contribution in [0.3, 0.4) is 0 Å². The van der Waals surface area contributed by atoms with Crippen molar-refractivity contribution in [3.63, 3.8) is 0 Å². The summed E-state index contributed by atoms with van der Waals surface area (Å²) in [4.78, 5) is 8.17. The van der Waals surface area contributed by atoms with Gasteiger partial charge in [-0.2, -0.15) is 24.9 Å². The fourth-order valence-electron chi connectivity index (χ4n) is 2.17. The van der Waals surface area contributed by atoms with Crippen molar-refractivity contribution in [1.82, 2.24) is 15.6 Å². The second-order valence-electron chi connectivity index (χ2n) is 5.16. The summed E-state index contributed by atoms with van der Waals surface area (Å²) in [7, 11) is 0. The normalized spacial score (nSPS) is 18.3. The Labute approximate surface area is 165 Å².